The summed E-state index contributed by atoms with van der Waals surface area (Å²) < 4.78 is 10.6. The van der Waals surface area contributed by atoms with Gasteiger partial charge in [-0.3, -0.25) is 4.79 Å². The van der Waals surface area contributed by atoms with Gasteiger partial charge in [-0.05, 0) is 24.3 Å². The number of ether oxygens (including phenoxy) is 2. The minimum Gasteiger partial charge on any atom is -0.369 e. The third-order valence-electron chi connectivity index (χ3n) is 3.35. The normalized spacial score (nSPS) is 10.5. The summed E-state index contributed by atoms with van der Waals surface area (Å²) in [6, 6.07) is 16.8. The standard InChI is InChI=1S/C18H21NO3S/c1-19(13-21-11-12-22-14-23)17-9-7-16(8-10-17)18(20)15-5-3-2-4-6-15/h2-10,23H,11-14H2,1H3. The summed E-state index contributed by atoms with van der Waals surface area (Å²) >= 11 is 3.96. The van der Waals surface area contributed by atoms with Crippen LogP contribution >= 0.6 is 12.6 Å². The fourth-order valence-corrected chi connectivity index (χ4v) is 2.21. The molecule has 0 unspecified atom stereocenters. The van der Waals surface area contributed by atoms with Gasteiger partial charge in [0.2, 0.25) is 0 Å². The van der Waals surface area contributed by atoms with E-state index in [1.165, 1.54) is 0 Å². The van der Waals surface area contributed by atoms with Gasteiger partial charge in [-0.25, -0.2) is 0 Å². The first-order valence-electron chi connectivity index (χ1n) is 7.39. The van der Waals surface area contributed by atoms with Crippen molar-refractivity contribution in [1.82, 2.24) is 0 Å². The van der Waals surface area contributed by atoms with Crippen LogP contribution in [0.4, 0.5) is 5.69 Å². The Morgan fingerprint density at radius 1 is 0.957 bits per heavy atom. The summed E-state index contributed by atoms with van der Waals surface area (Å²) in [5.41, 5.74) is 2.36. The van der Waals surface area contributed by atoms with Crippen molar-refractivity contribution in [2.75, 3.05) is 37.8 Å². The Labute approximate surface area is 142 Å². The second kappa shape index (κ2) is 9.35. The van der Waals surface area contributed by atoms with Crippen LogP contribution in [0.2, 0.25) is 0 Å². The lowest BCUT2D eigenvalue weighted by Crippen LogP contribution is -2.22. The van der Waals surface area contributed by atoms with Gasteiger partial charge in [0.05, 0.1) is 19.2 Å². The largest absolute Gasteiger partial charge is 0.369 e. The maximum atomic E-state index is 12.3. The smallest absolute Gasteiger partial charge is 0.193 e. The Bertz CT molecular complexity index is 601. The van der Waals surface area contributed by atoms with Crippen LogP contribution in [-0.4, -0.2) is 38.7 Å². The summed E-state index contributed by atoms with van der Waals surface area (Å²) in [5.74, 6) is 0.427. The van der Waals surface area contributed by atoms with Crippen LogP contribution in [0.25, 0.3) is 0 Å². The Kier molecular flexibility index (Phi) is 7.13. The molecule has 0 heterocycles. The summed E-state index contributed by atoms with van der Waals surface area (Å²) in [5, 5.41) is 0. The van der Waals surface area contributed by atoms with Gasteiger partial charge in [0.15, 0.2) is 5.78 Å². The van der Waals surface area contributed by atoms with Crippen molar-refractivity contribution in [3.8, 4) is 0 Å². The highest BCUT2D eigenvalue weighted by Crippen LogP contribution is 2.16. The van der Waals surface area contributed by atoms with Crippen LogP contribution in [0.5, 0.6) is 0 Å². The first-order valence-corrected chi connectivity index (χ1v) is 8.03. The Balaban J connectivity index is 1.90. The van der Waals surface area contributed by atoms with Gasteiger partial charge in [0.25, 0.3) is 0 Å². The molecule has 2 rings (SSSR count). The molecule has 0 aromatic heterocycles. The molecule has 0 N–H and O–H groups in total. The predicted molar refractivity (Wildman–Crippen MR) is 95.3 cm³/mol. The molecule has 0 fully saturated rings. The van der Waals surface area contributed by atoms with Gasteiger partial charge in [0.1, 0.15) is 6.73 Å². The Morgan fingerprint density at radius 3 is 2.22 bits per heavy atom. The average molecular weight is 331 g/mol. The van der Waals surface area contributed by atoms with Gasteiger partial charge < -0.3 is 14.4 Å². The number of hydrogen-bond donors (Lipinski definition) is 1. The number of anilines is 1. The van der Waals surface area contributed by atoms with Crippen molar-refractivity contribution in [2.24, 2.45) is 0 Å². The minimum absolute atomic E-state index is 0.0277. The van der Waals surface area contributed by atoms with Crippen molar-refractivity contribution in [3.05, 3.63) is 65.7 Å². The lowest BCUT2D eigenvalue weighted by molar-refractivity contribution is 0.0676. The van der Waals surface area contributed by atoms with E-state index in [1.807, 2.05) is 66.5 Å². The van der Waals surface area contributed by atoms with Crippen LogP contribution in [0.1, 0.15) is 15.9 Å². The topological polar surface area (TPSA) is 38.8 Å². The molecular weight excluding hydrogens is 310 g/mol. The molecular formula is C18H21NO3S. The zero-order valence-corrected chi connectivity index (χ0v) is 14.0. The fraction of sp³-hybridized carbons (Fsp3) is 0.278. The third-order valence-corrected chi connectivity index (χ3v) is 3.54. The summed E-state index contributed by atoms with van der Waals surface area (Å²) in [7, 11) is 1.94. The SMILES string of the molecule is CN(COCCOCS)c1ccc(C(=O)c2ccccc2)cc1. The van der Waals surface area contributed by atoms with E-state index in [2.05, 4.69) is 12.6 Å². The first-order chi connectivity index (χ1) is 11.2. The molecule has 2 aromatic rings. The molecule has 0 amide bonds. The second-order valence-electron chi connectivity index (χ2n) is 5.01. The number of nitrogens with zero attached hydrogens (tertiary/aromatic N) is 1. The zero-order valence-electron chi connectivity index (χ0n) is 13.1. The molecule has 0 atom stereocenters. The minimum atomic E-state index is 0.0277. The summed E-state index contributed by atoms with van der Waals surface area (Å²) in [4.78, 5) is 14.3. The van der Waals surface area contributed by atoms with Crippen LogP contribution in [0.3, 0.4) is 0 Å². The van der Waals surface area contributed by atoms with E-state index >= 15 is 0 Å². The molecule has 4 nitrogen and oxygen atoms in total. The molecule has 122 valence electrons. The first kappa shape index (κ1) is 17.5. The Hall–Kier alpha value is -1.82. The molecule has 0 aliphatic rings. The van der Waals surface area contributed by atoms with Crippen LogP contribution in [0, 0.1) is 0 Å². The van der Waals surface area contributed by atoms with Crippen LogP contribution in [0.15, 0.2) is 54.6 Å². The average Bonchev–Trinajstić information content (AvgIpc) is 2.61. The highest BCUT2D eigenvalue weighted by atomic mass is 32.1. The summed E-state index contributed by atoms with van der Waals surface area (Å²) in [6.45, 7) is 1.51. The molecule has 0 saturated carbocycles. The highest BCUT2D eigenvalue weighted by molar-refractivity contribution is 7.80. The van der Waals surface area contributed by atoms with E-state index in [4.69, 9.17) is 9.47 Å². The Morgan fingerprint density at radius 2 is 1.57 bits per heavy atom. The number of hydrogen-bond acceptors (Lipinski definition) is 5. The van der Waals surface area contributed by atoms with E-state index in [9.17, 15) is 4.79 Å². The van der Waals surface area contributed by atoms with Crippen molar-refractivity contribution in [1.29, 1.82) is 0 Å². The van der Waals surface area contributed by atoms with Crippen molar-refractivity contribution in [3.63, 3.8) is 0 Å². The van der Waals surface area contributed by atoms with Gasteiger partial charge >= 0.3 is 0 Å². The predicted octanol–water partition coefficient (Wildman–Crippen LogP) is 3.23. The van der Waals surface area contributed by atoms with Gasteiger partial charge in [0, 0.05) is 23.9 Å². The lowest BCUT2D eigenvalue weighted by atomic mass is 10.0. The van der Waals surface area contributed by atoms with E-state index in [0.29, 0.717) is 37.0 Å². The van der Waals surface area contributed by atoms with E-state index < -0.39 is 0 Å². The fourth-order valence-electron chi connectivity index (χ4n) is 2.08. The van der Waals surface area contributed by atoms with E-state index in [0.717, 1.165) is 5.69 Å². The molecule has 0 spiro atoms. The molecule has 0 radical (unpaired) electrons. The maximum Gasteiger partial charge on any atom is 0.193 e. The highest BCUT2D eigenvalue weighted by Gasteiger charge is 2.09. The van der Waals surface area contributed by atoms with Crippen molar-refractivity contribution >= 4 is 24.1 Å². The second-order valence-corrected chi connectivity index (χ2v) is 5.27. The van der Waals surface area contributed by atoms with Crippen molar-refractivity contribution in [2.45, 2.75) is 0 Å². The molecule has 0 aliphatic heterocycles. The van der Waals surface area contributed by atoms with Gasteiger partial charge in [-0.1, -0.05) is 30.3 Å². The molecule has 0 aliphatic carbocycles. The lowest BCUT2D eigenvalue weighted by Gasteiger charge is -2.19. The quantitative estimate of drug-likeness (QED) is 0.331. The number of carbonyl (C=O) groups excluding carboxylic acids is 1. The number of rotatable bonds is 9. The number of thiol groups is 1. The molecule has 5 heteroatoms. The van der Waals surface area contributed by atoms with E-state index in [1.54, 1.807) is 0 Å². The van der Waals surface area contributed by atoms with Crippen LogP contribution in [-0.2, 0) is 9.47 Å². The van der Waals surface area contributed by atoms with Gasteiger partial charge in [-0.15, -0.1) is 0 Å². The number of ketones is 1. The summed E-state index contributed by atoms with van der Waals surface area (Å²) in [6.07, 6.45) is 0. The third kappa shape index (κ3) is 5.39. The van der Waals surface area contributed by atoms with Gasteiger partial charge in [-0.2, -0.15) is 12.6 Å². The number of benzene rings is 2. The zero-order chi connectivity index (χ0) is 16.5. The number of carbonyl (C=O) groups is 1. The molecule has 23 heavy (non-hydrogen) atoms. The molecule has 0 saturated heterocycles. The monoisotopic (exact) mass is 331 g/mol. The van der Waals surface area contributed by atoms with E-state index in [-0.39, 0.29) is 5.78 Å². The van der Waals surface area contributed by atoms with Crippen molar-refractivity contribution < 1.29 is 14.3 Å². The maximum absolute atomic E-state index is 12.3. The van der Waals surface area contributed by atoms with Crippen LogP contribution < -0.4 is 4.90 Å². The molecule has 2 aromatic carbocycles. The molecule has 0 bridgehead atoms.